The molecule has 1 aromatic heterocycles. The molecule has 0 aliphatic carbocycles. The van der Waals surface area contributed by atoms with E-state index in [1.807, 2.05) is 12.3 Å². The van der Waals surface area contributed by atoms with E-state index in [1.165, 1.54) is 27.8 Å². The minimum absolute atomic E-state index is 0.788. The molecule has 0 atom stereocenters. The summed E-state index contributed by atoms with van der Waals surface area (Å²) in [6.45, 7) is 8.56. The normalized spacial score (nSPS) is 10.6. The quantitative estimate of drug-likeness (QED) is 0.807. The Kier molecular flexibility index (Phi) is 2.88. The molecule has 0 saturated carbocycles. The number of benzene rings is 1. The first kappa shape index (κ1) is 11.6. The number of rotatable bonds is 1. The molecule has 2 nitrogen and oxygen atoms in total. The Bertz CT molecular complexity index is 545. The molecule has 2 rings (SSSR count). The monoisotopic (exact) mass is 226 g/mol. The molecule has 17 heavy (non-hydrogen) atoms. The summed E-state index contributed by atoms with van der Waals surface area (Å²) in [5.41, 5.74) is 14.3. The Labute approximate surface area is 103 Å². The molecule has 0 aliphatic heterocycles. The van der Waals surface area contributed by atoms with Crippen LogP contribution in [0.5, 0.6) is 0 Å². The minimum Gasteiger partial charge on any atom is -0.398 e. The molecule has 1 heterocycles. The first-order valence-electron chi connectivity index (χ1n) is 5.79. The van der Waals surface area contributed by atoms with E-state index >= 15 is 0 Å². The lowest BCUT2D eigenvalue weighted by Gasteiger charge is -2.16. The molecule has 0 amide bonds. The van der Waals surface area contributed by atoms with Gasteiger partial charge >= 0.3 is 0 Å². The van der Waals surface area contributed by atoms with Gasteiger partial charge in [0.05, 0.1) is 0 Å². The molecule has 2 N–H and O–H groups in total. The van der Waals surface area contributed by atoms with Crippen LogP contribution in [0.4, 0.5) is 5.69 Å². The first-order chi connectivity index (χ1) is 8.02. The molecule has 0 fully saturated rings. The fraction of sp³-hybridized carbons (Fsp3) is 0.267. The van der Waals surface area contributed by atoms with E-state index in [9.17, 15) is 0 Å². The maximum Gasteiger partial charge on any atom is 0.0424 e. The fourth-order valence-electron chi connectivity index (χ4n) is 2.23. The van der Waals surface area contributed by atoms with Crippen LogP contribution in [0.25, 0.3) is 11.1 Å². The van der Waals surface area contributed by atoms with Crippen molar-refractivity contribution in [3.8, 4) is 11.1 Å². The van der Waals surface area contributed by atoms with Crippen LogP contribution in [0.2, 0.25) is 0 Å². The topological polar surface area (TPSA) is 38.9 Å². The van der Waals surface area contributed by atoms with Crippen molar-refractivity contribution < 1.29 is 0 Å². The first-order valence-corrected chi connectivity index (χ1v) is 5.79. The maximum absolute atomic E-state index is 6.05. The van der Waals surface area contributed by atoms with E-state index in [-0.39, 0.29) is 0 Å². The maximum atomic E-state index is 6.05. The zero-order valence-electron chi connectivity index (χ0n) is 10.8. The summed E-state index contributed by atoms with van der Waals surface area (Å²) in [6, 6.07) is 4.08. The number of nitrogens with two attached hydrogens (primary N) is 1. The van der Waals surface area contributed by atoms with E-state index in [4.69, 9.17) is 5.73 Å². The second kappa shape index (κ2) is 4.21. The molecule has 0 unspecified atom stereocenters. The smallest absolute Gasteiger partial charge is 0.0424 e. The third-order valence-electron chi connectivity index (χ3n) is 3.49. The van der Waals surface area contributed by atoms with Gasteiger partial charge in [-0.3, -0.25) is 4.98 Å². The number of nitrogen functional groups attached to an aromatic ring is 1. The summed E-state index contributed by atoms with van der Waals surface area (Å²) in [7, 11) is 0. The summed E-state index contributed by atoms with van der Waals surface area (Å²) in [6.07, 6.45) is 3.58. The van der Waals surface area contributed by atoms with E-state index in [0.29, 0.717) is 0 Å². The Morgan fingerprint density at radius 3 is 2.12 bits per heavy atom. The van der Waals surface area contributed by atoms with Crippen LogP contribution >= 0.6 is 0 Å². The van der Waals surface area contributed by atoms with E-state index in [2.05, 4.69) is 38.7 Å². The zero-order valence-corrected chi connectivity index (χ0v) is 10.8. The van der Waals surface area contributed by atoms with Crippen molar-refractivity contribution in [3.05, 3.63) is 46.8 Å². The van der Waals surface area contributed by atoms with Crippen LogP contribution < -0.4 is 5.73 Å². The highest BCUT2D eigenvalue weighted by Gasteiger charge is 2.12. The van der Waals surface area contributed by atoms with Crippen molar-refractivity contribution in [2.45, 2.75) is 27.7 Å². The standard InChI is InChI=1S/C15H18N2/c1-9-7-10(2)12(4)15(11(9)3)13-8-17-6-5-14(13)16/h5-8H,1-4H3,(H2,16,17). The lowest BCUT2D eigenvalue weighted by molar-refractivity contribution is 1.23. The van der Waals surface area contributed by atoms with Crippen molar-refractivity contribution in [1.29, 1.82) is 0 Å². The molecule has 1 aromatic carbocycles. The molecule has 2 aromatic rings. The summed E-state index contributed by atoms with van der Waals surface area (Å²) in [5.74, 6) is 0. The number of nitrogens with zero attached hydrogens (tertiary/aromatic N) is 1. The van der Waals surface area contributed by atoms with Crippen molar-refractivity contribution in [1.82, 2.24) is 4.98 Å². The highest BCUT2D eigenvalue weighted by molar-refractivity contribution is 5.81. The summed E-state index contributed by atoms with van der Waals surface area (Å²) in [4.78, 5) is 4.18. The predicted molar refractivity (Wildman–Crippen MR) is 73.0 cm³/mol. The fourth-order valence-corrected chi connectivity index (χ4v) is 2.23. The van der Waals surface area contributed by atoms with Crippen LogP contribution in [0.1, 0.15) is 22.3 Å². The van der Waals surface area contributed by atoms with E-state index in [1.54, 1.807) is 6.20 Å². The van der Waals surface area contributed by atoms with Gasteiger partial charge in [-0.25, -0.2) is 0 Å². The molecule has 0 saturated heterocycles. The van der Waals surface area contributed by atoms with Crippen molar-refractivity contribution in [2.75, 3.05) is 5.73 Å². The molecule has 0 radical (unpaired) electrons. The van der Waals surface area contributed by atoms with Crippen LogP contribution in [0.3, 0.4) is 0 Å². The molecule has 88 valence electrons. The van der Waals surface area contributed by atoms with Gasteiger partial charge in [0.1, 0.15) is 0 Å². The highest BCUT2D eigenvalue weighted by atomic mass is 14.7. The van der Waals surface area contributed by atoms with Gasteiger partial charge in [-0.05, 0) is 61.6 Å². The van der Waals surface area contributed by atoms with Gasteiger partial charge in [0.25, 0.3) is 0 Å². The van der Waals surface area contributed by atoms with Gasteiger partial charge in [-0.1, -0.05) is 6.07 Å². The predicted octanol–water partition coefficient (Wildman–Crippen LogP) is 3.56. The highest BCUT2D eigenvalue weighted by Crippen LogP contribution is 2.34. The van der Waals surface area contributed by atoms with Crippen molar-refractivity contribution >= 4 is 5.69 Å². The number of anilines is 1. The Hall–Kier alpha value is -1.83. The minimum atomic E-state index is 0.788. The lowest BCUT2D eigenvalue weighted by Crippen LogP contribution is -1.98. The van der Waals surface area contributed by atoms with Gasteiger partial charge in [0.2, 0.25) is 0 Å². The molecule has 0 aliphatic rings. The van der Waals surface area contributed by atoms with Gasteiger partial charge in [0.15, 0.2) is 0 Å². The number of hydrogen-bond acceptors (Lipinski definition) is 2. The molecular formula is C15H18N2. The molecular weight excluding hydrogens is 208 g/mol. The Morgan fingerprint density at radius 1 is 1.00 bits per heavy atom. The Morgan fingerprint density at radius 2 is 1.59 bits per heavy atom. The van der Waals surface area contributed by atoms with Gasteiger partial charge < -0.3 is 5.73 Å². The zero-order chi connectivity index (χ0) is 12.6. The average Bonchev–Trinajstić information content (AvgIpc) is 2.29. The SMILES string of the molecule is Cc1cc(C)c(C)c(-c2cnccc2N)c1C. The molecule has 0 bridgehead atoms. The summed E-state index contributed by atoms with van der Waals surface area (Å²) < 4.78 is 0. The Balaban J connectivity index is 2.80. The second-order valence-electron chi connectivity index (χ2n) is 4.60. The average molecular weight is 226 g/mol. The summed E-state index contributed by atoms with van der Waals surface area (Å²) >= 11 is 0. The van der Waals surface area contributed by atoms with Gasteiger partial charge in [-0.2, -0.15) is 0 Å². The lowest BCUT2D eigenvalue weighted by atomic mass is 9.90. The number of aromatic nitrogens is 1. The van der Waals surface area contributed by atoms with Crippen molar-refractivity contribution in [2.24, 2.45) is 0 Å². The van der Waals surface area contributed by atoms with E-state index in [0.717, 1.165) is 11.3 Å². The number of aryl methyl sites for hydroxylation is 2. The number of pyridine rings is 1. The van der Waals surface area contributed by atoms with Gasteiger partial charge in [0, 0.05) is 23.6 Å². The van der Waals surface area contributed by atoms with Crippen LogP contribution in [0, 0.1) is 27.7 Å². The van der Waals surface area contributed by atoms with Crippen molar-refractivity contribution in [3.63, 3.8) is 0 Å². The summed E-state index contributed by atoms with van der Waals surface area (Å²) in [5, 5.41) is 0. The largest absolute Gasteiger partial charge is 0.398 e. The third kappa shape index (κ3) is 1.91. The van der Waals surface area contributed by atoms with Crippen LogP contribution in [-0.2, 0) is 0 Å². The van der Waals surface area contributed by atoms with E-state index < -0.39 is 0 Å². The third-order valence-corrected chi connectivity index (χ3v) is 3.49. The number of hydrogen-bond donors (Lipinski definition) is 1. The van der Waals surface area contributed by atoms with Crippen LogP contribution in [0.15, 0.2) is 24.5 Å². The molecule has 2 heteroatoms. The second-order valence-corrected chi connectivity index (χ2v) is 4.60. The molecule has 0 spiro atoms. The van der Waals surface area contributed by atoms with Gasteiger partial charge in [-0.15, -0.1) is 0 Å². The van der Waals surface area contributed by atoms with Crippen LogP contribution in [-0.4, -0.2) is 4.98 Å².